The first-order chi connectivity index (χ1) is 6.95. The Bertz CT molecular complexity index is 239. The number of hydrogen-bond donors (Lipinski definition) is 2. The first-order valence-electron chi connectivity index (χ1n) is 5.53. The van der Waals surface area contributed by atoms with E-state index < -0.39 is 16.3 Å². The Labute approximate surface area is 93.3 Å². The Morgan fingerprint density at radius 3 is 2.27 bits per heavy atom. The van der Waals surface area contributed by atoms with Gasteiger partial charge in [-0.3, -0.25) is 4.55 Å². The first kappa shape index (κ1) is 14.9. The standard InChI is InChI=1S/C10H22NO3S/c1-3-4-5-6-7-8-9-10(2)11-15(12,13)14/h10-11H,2-9H2,1H3,(H,12,13,14). The summed E-state index contributed by atoms with van der Waals surface area (Å²) in [5, 5.41) is 0. The maximum atomic E-state index is 10.4. The molecule has 2 N–H and O–H groups in total. The molecule has 0 saturated heterocycles. The summed E-state index contributed by atoms with van der Waals surface area (Å²) in [5.74, 6) is 0. The lowest BCUT2D eigenvalue weighted by Crippen LogP contribution is -2.31. The fourth-order valence-corrected chi connectivity index (χ4v) is 1.98. The van der Waals surface area contributed by atoms with Crippen molar-refractivity contribution in [3.8, 4) is 0 Å². The van der Waals surface area contributed by atoms with Crippen molar-refractivity contribution in [2.24, 2.45) is 0 Å². The molecule has 0 saturated carbocycles. The van der Waals surface area contributed by atoms with E-state index in [0.29, 0.717) is 6.42 Å². The van der Waals surface area contributed by atoms with Crippen molar-refractivity contribution >= 4 is 10.3 Å². The van der Waals surface area contributed by atoms with Gasteiger partial charge < -0.3 is 0 Å². The molecule has 1 unspecified atom stereocenters. The number of rotatable bonds is 9. The average Bonchev–Trinajstić information content (AvgIpc) is 2.08. The van der Waals surface area contributed by atoms with E-state index in [2.05, 4.69) is 13.8 Å². The molecule has 0 amide bonds. The van der Waals surface area contributed by atoms with Crippen molar-refractivity contribution in [3.63, 3.8) is 0 Å². The molecule has 1 atom stereocenters. The molecule has 0 aliphatic rings. The predicted octanol–water partition coefficient (Wildman–Crippen LogP) is 2.33. The van der Waals surface area contributed by atoms with Gasteiger partial charge in [0.2, 0.25) is 0 Å². The molecule has 0 fully saturated rings. The Kier molecular flexibility index (Phi) is 8.00. The highest BCUT2D eigenvalue weighted by molar-refractivity contribution is 7.83. The van der Waals surface area contributed by atoms with Gasteiger partial charge in [0.15, 0.2) is 0 Å². The van der Waals surface area contributed by atoms with Crippen molar-refractivity contribution < 1.29 is 13.0 Å². The van der Waals surface area contributed by atoms with Crippen LogP contribution in [-0.4, -0.2) is 19.0 Å². The highest BCUT2D eigenvalue weighted by Crippen LogP contribution is 2.08. The molecule has 0 spiro atoms. The summed E-state index contributed by atoms with van der Waals surface area (Å²) >= 11 is 0. The molecule has 0 aromatic heterocycles. The van der Waals surface area contributed by atoms with Gasteiger partial charge in [0, 0.05) is 6.04 Å². The van der Waals surface area contributed by atoms with E-state index in [9.17, 15) is 8.42 Å². The van der Waals surface area contributed by atoms with E-state index in [0.717, 1.165) is 12.8 Å². The molecular weight excluding hydrogens is 214 g/mol. The third kappa shape index (κ3) is 11.8. The zero-order valence-electron chi connectivity index (χ0n) is 9.41. The summed E-state index contributed by atoms with van der Waals surface area (Å²) < 4.78 is 31.4. The van der Waals surface area contributed by atoms with Gasteiger partial charge in [-0.25, -0.2) is 0 Å². The van der Waals surface area contributed by atoms with Crippen LogP contribution in [0.15, 0.2) is 0 Å². The molecule has 0 aromatic carbocycles. The molecule has 0 aromatic rings. The molecule has 4 nitrogen and oxygen atoms in total. The normalized spacial score (nSPS) is 14.1. The van der Waals surface area contributed by atoms with Crippen LogP contribution in [0.3, 0.4) is 0 Å². The van der Waals surface area contributed by atoms with Crippen molar-refractivity contribution in [2.45, 2.75) is 57.9 Å². The molecule has 0 aliphatic heterocycles. The van der Waals surface area contributed by atoms with E-state index in [1.54, 1.807) is 0 Å². The van der Waals surface area contributed by atoms with Gasteiger partial charge in [-0.2, -0.15) is 13.1 Å². The Hall–Kier alpha value is -0.130. The van der Waals surface area contributed by atoms with E-state index in [1.165, 1.54) is 25.7 Å². The van der Waals surface area contributed by atoms with Crippen LogP contribution in [-0.2, 0) is 10.3 Å². The molecule has 1 radical (unpaired) electrons. The van der Waals surface area contributed by atoms with Gasteiger partial charge in [-0.1, -0.05) is 45.4 Å². The van der Waals surface area contributed by atoms with E-state index >= 15 is 0 Å². The van der Waals surface area contributed by atoms with Gasteiger partial charge in [-0.05, 0) is 13.3 Å². The Balaban J connectivity index is 3.36. The molecule has 0 bridgehead atoms. The fourth-order valence-electron chi connectivity index (χ4n) is 1.44. The van der Waals surface area contributed by atoms with Gasteiger partial charge in [0.1, 0.15) is 0 Å². The number of hydrogen-bond acceptors (Lipinski definition) is 2. The van der Waals surface area contributed by atoms with Crippen molar-refractivity contribution in [1.82, 2.24) is 4.72 Å². The molecular formula is C10H22NO3S. The summed E-state index contributed by atoms with van der Waals surface area (Å²) in [6.07, 6.45) is 7.63. The van der Waals surface area contributed by atoms with Crippen LogP contribution in [0.25, 0.3) is 0 Å². The monoisotopic (exact) mass is 236 g/mol. The second-order valence-electron chi connectivity index (χ2n) is 3.85. The largest absolute Gasteiger partial charge is 0.333 e. The van der Waals surface area contributed by atoms with E-state index in [-0.39, 0.29) is 0 Å². The Morgan fingerprint density at radius 1 is 1.20 bits per heavy atom. The lowest BCUT2D eigenvalue weighted by Gasteiger charge is -2.10. The topological polar surface area (TPSA) is 66.4 Å². The van der Waals surface area contributed by atoms with E-state index in [1.807, 2.05) is 4.72 Å². The number of nitrogens with one attached hydrogen (secondary N) is 1. The minimum Gasteiger partial charge on any atom is -0.273 e. The number of unbranched alkanes of at least 4 members (excludes halogenated alkanes) is 5. The third-order valence-corrected chi connectivity index (χ3v) is 2.85. The van der Waals surface area contributed by atoms with E-state index in [4.69, 9.17) is 4.55 Å². The van der Waals surface area contributed by atoms with Gasteiger partial charge in [-0.15, -0.1) is 0 Å². The summed E-state index contributed by atoms with van der Waals surface area (Å²) in [5.41, 5.74) is 0. The van der Waals surface area contributed by atoms with Crippen LogP contribution in [0, 0.1) is 6.92 Å². The Morgan fingerprint density at radius 2 is 1.73 bits per heavy atom. The lowest BCUT2D eigenvalue weighted by molar-refractivity contribution is 0.452. The average molecular weight is 236 g/mol. The summed E-state index contributed by atoms with van der Waals surface area (Å²) in [6.45, 7) is 5.78. The van der Waals surface area contributed by atoms with Crippen LogP contribution in [0.2, 0.25) is 0 Å². The van der Waals surface area contributed by atoms with Crippen molar-refractivity contribution in [2.75, 3.05) is 0 Å². The molecule has 0 rings (SSSR count). The van der Waals surface area contributed by atoms with Crippen LogP contribution >= 0.6 is 0 Å². The summed E-state index contributed by atoms with van der Waals surface area (Å²) in [4.78, 5) is 0. The maximum absolute atomic E-state index is 10.4. The highest BCUT2D eigenvalue weighted by atomic mass is 32.2. The molecule has 0 aliphatic carbocycles. The molecule has 0 heterocycles. The molecule has 5 heteroatoms. The summed E-state index contributed by atoms with van der Waals surface area (Å²) in [6, 6.07) is -0.425. The zero-order valence-corrected chi connectivity index (χ0v) is 10.2. The summed E-state index contributed by atoms with van der Waals surface area (Å²) in [7, 11) is -4.09. The smallest absolute Gasteiger partial charge is 0.273 e. The SMILES string of the molecule is [CH2]C(CCCCCCCC)NS(=O)(=O)O. The molecule has 91 valence electrons. The minimum absolute atomic E-state index is 0.425. The van der Waals surface area contributed by atoms with Crippen LogP contribution in [0.4, 0.5) is 0 Å². The van der Waals surface area contributed by atoms with Crippen LogP contribution in [0.1, 0.15) is 51.9 Å². The second kappa shape index (κ2) is 8.07. The third-order valence-electron chi connectivity index (χ3n) is 2.22. The van der Waals surface area contributed by atoms with Gasteiger partial charge >= 0.3 is 10.3 Å². The first-order valence-corrected chi connectivity index (χ1v) is 6.97. The second-order valence-corrected chi connectivity index (χ2v) is 5.03. The van der Waals surface area contributed by atoms with Crippen molar-refractivity contribution in [3.05, 3.63) is 6.92 Å². The fraction of sp³-hybridized carbons (Fsp3) is 0.900. The quantitative estimate of drug-likeness (QED) is 0.477. The predicted molar refractivity (Wildman–Crippen MR) is 61.8 cm³/mol. The van der Waals surface area contributed by atoms with Crippen LogP contribution in [0.5, 0.6) is 0 Å². The zero-order chi connectivity index (χ0) is 11.7. The van der Waals surface area contributed by atoms with Gasteiger partial charge in [0.25, 0.3) is 0 Å². The highest BCUT2D eigenvalue weighted by Gasteiger charge is 2.09. The lowest BCUT2D eigenvalue weighted by atomic mass is 10.1. The minimum atomic E-state index is -4.09. The van der Waals surface area contributed by atoms with Gasteiger partial charge in [0.05, 0.1) is 0 Å². The maximum Gasteiger partial charge on any atom is 0.333 e. The molecule has 15 heavy (non-hydrogen) atoms. The van der Waals surface area contributed by atoms with Crippen LogP contribution < -0.4 is 4.72 Å². The van der Waals surface area contributed by atoms with Crippen molar-refractivity contribution in [1.29, 1.82) is 0 Å².